The molecule has 172 valence electrons. The molecule has 0 aliphatic heterocycles. The van der Waals surface area contributed by atoms with Gasteiger partial charge in [-0.2, -0.15) is 5.10 Å². The van der Waals surface area contributed by atoms with Crippen molar-refractivity contribution >= 4 is 50.4 Å². The van der Waals surface area contributed by atoms with Crippen molar-refractivity contribution in [2.24, 2.45) is 5.10 Å². The zero-order valence-electron chi connectivity index (χ0n) is 18.1. The van der Waals surface area contributed by atoms with Gasteiger partial charge in [-0.3, -0.25) is 4.79 Å². The normalized spacial score (nSPS) is 11.0. The van der Waals surface area contributed by atoms with Crippen LogP contribution in [-0.4, -0.2) is 24.3 Å². The Bertz CT molecular complexity index is 1390. The molecule has 34 heavy (non-hydrogen) atoms. The number of phenolic OH excluding ortho intramolecular Hbond substituents is 1. The molecule has 0 bridgehead atoms. The molecule has 1 amide bonds. The number of nitrogens with one attached hydrogen (secondary N) is 1. The van der Waals surface area contributed by atoms with Crippen LogP contribution in [0.2, 0.25) is 5.02 Å². The standard InChI is InChI=1S/C26H20BrClN2O4/c1-33-24-11-16(10-21(27)25(24)34-15-19-8-4-5-9-22(19)28)14-29-30-26(32)20-12-17-6-2-3-7-18(17)13-23(20)31/h2-14,31H,15H2,1H3,(H,30,32)/b29-14+. The first-order valence-electron chi connectivity index (χ1n) is 10.2. The number of methoxy groups -OCH3 is 1. The summed E-state index contributed by atoms with van der Waals surface area (Å²) in [6.45, 7) is 0.271. The maximum atomic E-state index is 12.5. The minimum atomic E-state index is -0.523. The summed E-state index contributed by atoms with van der Waals surface area (Å²) < 4.78 is 12.1. The third kappa shape index (κ3) is 5.32. The minimum absolute atomic E-state index is 0.115. The second-order valence-electron chi connectivity index (χ2n) is 7.33. The topological polar surface area (TPSA) is 80.2 Å². The van der Waals surface area contributed by atoms with Gasteiger partial charge in [-0.15, -0.1) is 0 Å². The van der Waals surface area contributed by atoms with Gasteiger partial charge in [-0.25, -0.2) is 5.43 Å². The Labute approximate surface area is 209 Å². The Morgan fingerprint density at radius 2 is 1.79 bits per heavy atom. The molecule has 0 heterocycles. The van der Waals surface area contributed by atoms with Crippen LogP contribution >= 0.6 is 27.5 Å². The summed E-state index contributed by atoms with van der Waals surface area (Å²) in [4.78, 5) is 12.5. The van der Waals surface area contributed by atoms with Crippen LogP contribution in [0.25, 0.3) is 10.8 Å². The van der Waals surface area contributed by atoms with E-state index in [1.807, 2.05) is 42.5 Å². The van der Waals surface area contributed by atoms with E-state index in [2.05, 4.69) is 26.5 Å². The van der Waals surface area contributed by atoms with Crippen molar-refractivity contribution < 1.29 is 19.4 Å². The lowest BCUT2D eigenvalue weighted by Gasteiger charge is -2.14. The van der Waals surface area contributed by atoms with Crippen LogP contribution < -0.4 is 14.9 Å². The predicted octanol–water partition coefficient (Wildman–Crippen LogP) is 6.31. The van der Waals surface area contributed by atoms with Crippen LogP contribution in [0, 0.1) is 0 Å². The van der Waals surface area contributed by atoms with E-state index in [1.54, 1.807) is 30.3 Å². The zero-order valence-corrected chi connectivity index (χ0v) is 20.4. The van der Waals surface area contributed by atoms with Crippen molar-refractivity contribution in [3.63, 3.8) is 0 Å². The first-order valence-corrected chi connectivity index (χ1v) is 11.4. The average molecular weight is 540 g/mol. The number of carbonyl (C=O) groups excluding carboxylic acids is 1. The second-order valence-corrected chi connectivity index (χ2v) is 8.59. The lowest BCUT2D eigenvalue weighted by Crippen LogP contribution is -2.17. The lowest BCUT2D eigenvalue weighted by molar-refractivity contribution is 0.0952. The second kappa shape index (κ2) is 10.6. The van der Waals surface area contributed by atoms with E-state index in [0.29, 0.717) is 26.6 Å². The van der Waals surface area contributed by atoms with Crippen molar-refractivity contribution in [2.75, 3.05) is 7.11 Å². The molecule has 2 N–H and O–H groups in total. The Kier molecular flexibility index (Phi) is 7.35. The third-order valence-corrected chi connectivity index (χ3v) is 6.03. The van der Waals surface area contributed by atoms with Gasteiger partial charge in [0.05, 0.1) is 23.4 Å². The highest BCUT2D eigenvalue weighted by molar-refractivity contribution is 9.10. The lowest BCUT2D eigenvalue weighted by atomic mass is 10.1. The highest BCUT2D eigenvalue weighted by atomic mass is 79.9. The van der Waals surface area contributed by atoms with Crippen LogP contribution in [0.4, 0.5) is 0 Å². The molecule has 4 rings (SSSR count). The quantitative estimate of drug-likeness (QED) is 0.213. The van der Waals surface area contributed by atoms with E-state index in [9.17, 15) is 9.90 Å². The van der Waals surface area contributed by atoms with Crippen molar-refractivity contribution in [3.8, 4) is 17.2 Å². The Morgan fingerprint density at radius 3 is 2.53 bits per heavy atom. The molecule has 0 aliphatic carbocycles. The van der Waals surface area contributed by atoms with Crippen LogP contribution in [0.1, 0.15) is 21.5 Å². The molecule has 0 saturated carbocycles. The van der Waals surface area contributed by atoms with E-state index < -0.39 is 5.91 Å². The summed E-state index contributed by atoms with van der Waals surface area (Å²) in [5.41, 5.74) is 4.10. The molecule has 0 spiro atoms. The SMILES string of the molecule is COc1cc(/C=N/NC(=O)c2cc3ccccc3cc2O)cc(Br)c1OCc1ccccc1Cl. The van der Waals surface area contributed by atoms with E-state index in [0.717, 1.165) is 16.3 Å². The number of ether oxygens (including phenoxy) is 2. The molecule has 0 fully saturated rings. The van der Waals surface area contributed by atoms with Crippen LogP contribution in [0.15, 0.2) is 82.4 Å². The van der Waals surface area contributed by atoms with Crippen LogP contribution in [0.5, 0.6) is 17.2 Å². The van der Waals surface area contributed by atoms with Gasteiger partial charge in [0.15, 0.2) is 11.5 Å². The molecule has 0 aliphatic rings. The molecule has 4 aromatic rings. The Hall–Kier alpha value is -3.55. The van der Waals surface area contributed by atoms with E-state index in [-0.39, 0.29) is 17.9 Å². The van der Waals surface area contributed by atoms with Gasteiger partial charge >= 0.3 is 0 Å². The maximum Gasteiger partial charge on any atom is 0.275 e. The number of amides is 1. The molecule has 0 unspecified atom stereocenters. The van der Waals surface area contributed by atoms with Crippen molar-refractivity contribution in [1.29, 1.82) is 0 Å². The average Bonchev–Trinajstić information content (AvgIpc) is 2.83. The third-order valence-electron chi connectivity index (χ3n) is 5.07. The first-order chi connectivity index (χ1) is 16.5. The summed E-state index contributed by atoms with van der Waals surface area (Å²) in [5, 5.41) is 16.5. The van der Waals surface area contributed by atoms with Gasteiger partial charge < -0.3 is 14.6 Å². The number of hydrazone groups is 1. The molecule has 8 heteroatoms. The fraction of sp³-hybridized carbons (Fsp3) is 0.0769. The van der Waals surface area contributed by atoms with Crippen molar-refractivity contribution in [2.45, 2.75) is 6.61 Å². The first kappa shape index (κ1) is 23.6. The largest absolute Gasteiger partial charge is 0.507 e. The van der Waals surface area contributed by atoms with Crippen molar-refractivity contribution in [1.82, 2.24) is 5.43 Å². The smallest absolute Gasteiger partial charge is 0.275 e. The summed E-state index contributed by atoms with van der Waals surface area (Å²) in [5.74, 6) is 0.368. The highest BCUT2D eigenvalue weighted by Gasteiger charge is 2.14. The number of aromatic hydroxyl groups is 1. The zero-order chi connectivity index (χ0) is 24.1. The molecule has 0 radical (unpaired) electrons. The highest BCUT2D eigenvalue weighted by Crippen LogP contribution is 2.37. The fourth-order valence-electron chi connectivity index (χ4n) is 3.36. The van der Waals surface area contributed by atoms with Gasteiger partial charge in [0, 0.05) is 10.6 Å². The fourth-order valence-corrected chi connectivity index (χ4v) is 4.12. The number of benzene rings is 4. The molecular formula is C26H20BrClN2O4. The van der Waals surface area contributed by atoms with Gasteiger partial charge in [0.2, 0.25) is 0 Å². The predicted molar refractivity (Wildman–Crippen MR) is 137 cm³/mol. The van der Waals surface area contributed by atoms with Gasteiger partial charge in [-0.05, 0) is 62.6 Å². The minimum Gasteiger partial charge on any atom is -0.507 e. The monoisotopic (exact) mass is 538 g/mol. The number of hydrogen-bond acceptors (Lipinski definition) is 5. The van der Waals surface area contributed by atoms with Crippen molar-refractivity contribution in [3.05, 3.63) is 99.0 Å². The summed E-state index contributed by atoms with van der Waals surface area (Å²) in [6.07, 6.45) is 1.47. The molecule has 6 nitrogen and oxygen atoms in total. The number of rotatable bonds is 7. The Morgan fingerprint density at radius 1 is 1.09 bits per heavy atom. The number of hydrogen-bond donors (Lipinski definition) is 2. The number of nitrogens with zero attached hydrogens (tertiary/aromatic N) is 1. The van der Waals surface area contributed by atoms with Crippen LogP contribution in [0.3, 0.4) is 0 Å². The molecular weight excluding hydrogens is 520 g/mol. The number of phenols is 1. The van der Waals surface area contributed by atoms with Gasteiger partial charge in [-0.1, -0.05) is 54.1 Å². The Balaban J connectivity index is 1.48. The number of carbonyl (C=O) groups is 1. The van der Waals surface area contributed by atoms with E-state index in [4.69, 9.17) is 21.1 Å². The maximum absolute atomic E-state index is 12.5. The van der Waals surface area contributed by atoms with Gasteiger partial charge in [0.25, 0.3) is 5.91 Å². The molecule has 0 atom stereocenters. The van der Waals surface area contributed by atoms with Gasteiger partial charge in [0.1, 0.15) is 12.4 Å². The number of halogens is 2. The number of fused-ring (bicyclic) bond motifs is 1. The summed E-state index contributed by atoms with van der Waals surface area (Å²) in [6, 6.07) is 21.6. The van der Waals surface area contributed by atoms with Crippen LogP contribution in [-0.2, 0) is 6.61 Å². The molecule has 0 saturated heterocycles. The van der Waals surface area contributed by atoms with E-state index in [1.165, 1.54) is 13.3 Å². The summed E-state index contributed by atoms with van der Waals surface area (Å²) >= 11 is 9.70. The molecule has 4 aromatic carbocycles. The van der Waals surface area contributed by atoms with E-state index >= 15 is 0 Å². The summed E-state index contributed by atoms with van der Waals surface area (Å²) in [7, 11) is 1.54. The molecule has 0 aromatic heterocycles.